The lowest BCUT2D eigenvalue weighted by Gasteiger charge is -2.32. The molecule has 0 saturated heterocycles. The molecule has 0 bridgehead atoms. The minimum absolute atomic E-state index is 0.0723. The first-order valence-electron chi connectivity index (χ1n) is 7.64. The average molecular weight is 270 g/mol. The lowest BCUT2D eigenvalue weighted by molar-refractivity contribution is -0.151. The third kappa shape index (κ3) is 3.69. The summed E-state index contributed by atoms with van der Waals surface area (Å²) in [5, 5.41) is 3.38. The SMILES string of the molecule is CCNC1(C(=O)OCC)CCC(N(C)C(C)CC)C1. The lowest BCUT2D eigenvalue weighted by atomic mass is 9.97. The van der Waals surface area contributed by atoms with Crippen LogP contribution in [0.3, 0.4) is 0 Å². The zero-order chi connectivity index (χ0) is 14.5. The van der Waals surface area contributed by atoms with E-state index in [1.54, 1.807) is 0 Å². The molecule has 112 valence electrons. The first-order chi connectivity index (χ1) is 9.00. The van der Waals surface area contributed by atoms with Gasteiger partial charge in [0.1, 0.15) is 5.54 Å². The molecule has 0 heterocycles. The molecule has 19 heavy (non-hydrogen) atoms. The van der Waals surface area contributed by atoms with E-state index in [1.807, 2.05) is 13.8 Å². The molecule has 0 aromatic heterocycles. The van der Waals surface area contributed by atoms with Gasteiger partial charge in [0.2, 0.25) is 0 Å². The van der Waals surface area contributed by atoms with E-state index in [2.05, 4.69) is 31.1 Å². The van der Waals surface area contributed by atoms with Gasteiger partial charge in [-0.05, 0) is 53.1 Å². The molecule has 3 unspecified atom stereocenters. The van der Waals surface area contributed by atoms with Gasteiger partial charge in [0.05, 0.1) is 6.61 Å². The van der Waals surface area contributed by atoms with Crippen LogP contribution in [0.25, 0.3) is 0 Å². The maximum absolute atomic E-state index is 12.3. The summed E-state index contributed by atoms with van der Waals surface area (Å²) in [5.74, 6) is -0.0723. The molecule has 0 aromatic carbocycles. The normalized spacial score (nSPS) is 28.6. The van der Waals surface area contributed by atoms with E-state index in [0.29, 0.717) is 18.7 Å². The number of rotatable bonds is 7. The van der Waals surface area contributed by atoms with Crippen LogP contribution in [-0.4, -0.2) is 48.7 Å². The molecule has 4 nitrogen and oxygen atoms in total. The monoisotopic (exact) mass is 270 g/mol. The third-order valence-electron chi connectivity index (χ3n) is 4.53. The molecule has 1 aliphatic rings. The minimum Gasteiger partial charge on any atom is -0.465 e. The first kappa shape index (κ1) is 16.4. The van der Waals surface area contributed by atoms with E-state index in [4.69, 9.17) is 4.74 Å². The van der Waals surface area contributed by atoms with Gasteiger partial charge in [-0.25, -0.2) is 0 Å². The van der Waals surface area contributed by atoms with Gasteiger partial charge < -0.3 is 15.0 Å². The number of nitrogens with one attached hydrogen (secondary N) is 1. The number of hydrogen-bond acceptors (Lipinski definition) is 4. The van der Waals surface area contributed by atoms with Crippen LogP contribution in [0.4, 0.5) is 0 Å². The number of ether oxygens (including phenoxy) is 1. The van der Waals surface area contributed by atoms with Gasteiger partial charge in [-0.2, -0.15) is 0 Å². The maximum Gasteiger partial charge on any atom is 0.326 e. The summed E-state index contributed by atoms with van der Waals surface area (Å²) in [6, 6.07) is 1.03. The third-order valence-corrected chi connectivity index (χ3v) is 4.53. The summed E-state index contributed by atoms with van der Waals surface area (Å²) >= 11 is 0. The van der Waals surface area contributed by atoms with Crippen molar-refractivity contribution in [1.82, 2.24) is 10.2 Å². The molecule has 1 fully saturated rings. The van der Waals surface area contributed by atoms with Crippen molar-refractivity contribution in [2.24, 2.45) is 0 Å². The molecule has 0 radical (unpaired) electrons. The second kappa shape index (κ2) is 7.25. The molecule has 1 saturated carbocycles. The molecule has 1 N–H and O–H groups in total. The van der Waals surface area contributed by atoms with Crippen LogP contribution in [0.15, 0.2) is 0 Å². The maximum atomic E-state index is 12.3. The minimum atomic E-state index is -0.461. The number of likely N-dealkylation sites (N-methyl/N-ethyl adjacent to an activating group) is 1. The largest absolute Gasteiger partial charge is 0.465 e. The Bertz CT molecular complexity index is 296. The molecule has 0 spiro atoms. The van der Waals surface area contributed by atoms with Crippen LogP contribution in [-0.2, 0) is 9.53 Å². The molecular weight excluding hydrogens is 240 g/mol. The summed E-state index contributed by atoms with van der Waals surface area (Å²) in [4.78, 5) is 14.7. The van der Waals surface area contributed by atoms with Crippen molar-refractivity contribution < 1.29 is 9.53 Å². The highest BCUT2D eigenvalue weighted by Crippen LogP contribution is 2.34. The van der Waals surface area contributed by atoms with E-state index in [0.717, 1.165) is 32.2 Å². The van der Waals surface area contributed by atoms with Crippen molar-refractivity contribution in [3.05, 3.63) is 0 Å². The van der Waals surface area contributed by atoms with Gasteiger partial charge in [0, 0.05) is 12.1 Å². The molecule has 1 rings (SSSR count). The Morgan fingerprint density at radius 1 is 1.47 bits per heavy atom. The summed E-state index contributed by atoms with van der Waals surface area (Å²) in [7, 11) is 2.17. The van der Waals surface area contributed by atoms with Gasteiger partial charge in [-0.3, -0.25) is 4.79 Å². The summed E-state index contributed by atoms with van der Waals surface area (Å²) < 4.78 is 5.28. The van der Waals surface area contributed by atoms with Crippen molar-refractivity contribution in [2.45, 2.75) is 71.0 Å². The Kier molecular flexibility index (Phi) is 6.27. The topological polar surface area (TPSA) is 41.6 Å². The molecule has 3 atom stereocenters. The molecule has 0 amide bonds. The number of hydrogen-bond donors (Lipinski definition) is 1. The van der Waals surface area contributed by atoms with Gasteiger partial charge in [0.25, 0.3) is 0 Å². The van der Waals surface area contributed by atoms with Gasteiger partial charge in [-0.15, -0.1) is 0 Å². The van der Waals surface area contributed by atoms with Crippen LogP contribution in [0.1, 0.15) is 53.4 Å². The summed E-state index contributed by atoms with van der Waals surface area (Å²) in [6.45, 7) is 9.63. The highest BCUT2D eigenvalue weighted by Gasteiger charge is 2.47. The van der Waals surface area contributed by atoms with Crippen LogP contribution >= 0.6 is 0 Å². The second-order valence-electron chi connectivity index (χ2n) is 5.65. The predicted molar refractivity (Wildman–Crippen MR) is 78.2 cm³/mol. The van der Waals surface area contributed by atoms with Crippen LogP contribution < -0.4 is 5.32 Å². The van der Waals surface area contributed by atoms with Crippen molar-refractivity contribution in [2.75, 3.05) is 20.2 Å². The molecule has 4 heteroatoms. The predicted octanol–water partition coefficient (Wildman–Crippen LogP) is 2.18. The standard InChI is InChI=1S/C15H30N2O2/c1-6-12(4)17(5)13-9-10-15(11-13,16-7-2)14(18)19-8-3/h12-13,16H,6-11H2,1-5H3. The van der Waals surface area contributed by atoms with Crippen molar-refractivity contribution in [1.29, 1.82) is 0 Å². The van der Waals surface area contributed by atoms with E-state index < -0.39 is 5.54 Å². The summed E-state index contributed by atoms with van der Waals surface area (Å²) in [5.41, 5.74) is -0.461. The smallest absolute Gasteiger partial charge is 0.326 e. The van der Waals surface area contributed by atoms with E-state index in [9.17, 15) is 4.79 Å². The lowest BCUT2D eigenvalue weighted by Crippen LogP contribution is -2.52. The average Bonchev–Trinajstić information content (AvgIpc) is 2.83. The van der Waals surface area contributed by atoms with Crippen LogP contribution in [0, 0.1) is 0 Å². The zero-order valence-corrected chi connectivity index (χ0v) is 13.2. The Hall–Kier alpha value is -0.610. The highest BCUT2D eigenvalue weighted by molar-refractivity contribution is 5.81. The first-order valence-corrected chi connectivity index (χ1v) is 7.64. The highest BCUT2D eigenvalue weighted by atomic mass is 16.5. The zero-order valence-electron chi connectivity index (χ0n) is 13.2. The Morgan fingerprint density at radius 3 is 2.68 bits per heavy atom. The van der Waals surface area contributed by atoms with Crippen molar-refractivity contribution >= 4 is 5.97 Å². The molecule has 1 aliphatic carbocycles. The number of esters is 1. The molecular formula is C15H30N2O2. The number of carbonyl (C=O) groups excluding carboxylic acids is 1. The second-order valence-corrected chi connectivity index (χ2v) is 5.65. The van der Waals surface area contributed by atoms with E-state index >= 15 is 0 Å². The number of carbonyl (C=O) groups is 1. The quantitative estimate of drug-likeness (QED) is 0.720. The van der Waals surface area contributed by atoms with Crippen LogP contribution in [0.2, 0.25) is 0 Å². The van der Waals surface area contributed by atoms with Crippen molar-refractivity contribution in [3.63, 3.8) is 0 Å². The fraction of sp³-hybridized carbons (Fsp3) is 0.933. The summed E-state index contributed by atoms with van der Waals surface area (Å²) in [6.07, 6.45) is 3.94. The molecule has 0 aromatic rings. The van der Waals surface area contributed by atoms with E-state index in [-0.39, 0.29) is 5.97 Å². The van der Waals surface area contributed by atoms with Crippen molar-refractivity contribution in [3.8, 4) is 0 Å². The van der Waals surface area contributed by atoms with Gasteiger partial charge in [0.15, 0.2) is 0 Å². The van der Waals surface area contributed by atoms with Gasteiger partial charge in [-0.1, -0.05) is 13.8 Å². The Balaban J connectivity index is 2.74. The van der Waals surface area contributed by atoms with Gasteiger partial charge >= 0.3 is 5.97 Å². The van der Waals surface area contributed by atoms with Crippen LogP contribution in [0.5, 0.6) is 0 Å². The Labute approximate surface area is 117 Å². The molecule has 0 aliphatic heterocycles. The fourth-order valence-electron chi connectivity index (χ4n) is 3.04. The van der Waals surface area contributed by atoms with E-state index in [1.165, 1.54) is 0 Å². The Morgan fingerprint density at radius 2 is 2.16 bits per heavy atom. The fourth-order valence-corrected chi connectivity index (χ4v) is 3.04. The number of nitrogens with zero attached hydrogens (tertiary/aromatic N) is 1.